The van der Waals surface area contributed by atoms with E-state index in [-0.39, 0.29) is 17.2 Å². The summed E-state index contributed by atoms with van der Waals surface area (Å²) >= 11 is 0. The van der Waals surface area contributed by atoms with Crippen LogP contribution in [0.5, 0.6) is 0 Å². The van der Waals surface area contributed by atoms with Crippen LogP contribution < -0.4 is 0 Å². The lowest BCUT2D eigenvalue weighted by atomic mass is 9.77. The molecular weight excluding hydrogens is 215 g/mol. The minimum absolute atomic E-state index is 0.154. The highest BCUT2D eigenvalue weighted by atomic mass is 19.1. The van der Waals surface area contributed by atoms with Gasteiger partial charge in [-0.1, -0.05) is 32.4 Å². The predicted octanol–water partition coefficient (Wildman–Crippen LogP) is 3.99. The fourth-order valence-corrected chi connectivity index (χ4v) is 2.96. The molecule has 1 aromatic rings. The predicted molar refractivity (Wildman–Crippen MR) is 67.2 cm³/mol. The molecule has 1 nitrogen and oxygen atoms in total. The van der Waals surface area contributed by atoms with E-state index >= 15 is 0 Å². The van der Waals surface area contributed by atoms with E-state index in [1.54, 1.807) is 13.0 Å². The van der Waals surface area contributed by atoms with E-state index < -0.39 is 6.10 Å². The number of rotatable bonds is 2. The van der Waals surface area contributed by atoms with Gasteiger partial charge in [0.15, 0.2) is 0 Å². The van der Waals surface area contributed by atoms with E-state index in [1.165, 1.54) is 6.07 Å². The zero-order chi connectivity index (χ0) is 12.6. The van der Waals surface area contributed by atoms with Crippen molar-refractivity contribution in [3.63, 3.8) is 0 Å². The normalized spacial score (nSPS) is 24.9. The topological polar surface area (TPSA) is 20.2 Å². The molecule has 1 aliphatic carbocycles. The van der Waals surface area contributed by atoms with Crippen LogP contribution in [0.15, 0.2) is 18.2 Å². The van der Waals surface area contributed by atoms with Crippen LogP contribution in [0.25, 0.3) is 0 Å². The molecular formula is C15H21FO. The molecule has 1 saturated carbocycles. The summed E-state index contributed by atoms with van der Waals surface area (Å²) in [5.41, 5.74) is 1.50. The number of halogens is 1. The lowest BCUT2D eigenvalue weighted by Crippen LogP contribution is -2.24. The molecule has 0 heterocycles. The molecule has 2 unspecified atom stereocenters. The van der Waals surface area contributed by atoms with Crippen LogP contribution in [0.1, 0.15) is 50.3 Å². The van der Waals surface area contributed by atoms with Gasteiger partial charge in [0, 0.05) is 0 Å². The standard InChI is InChI=1S/C15H21FO/c1-10-6-7-11(9-13(10)16)14(17)12-5-4-8-15(12,2)3/h6-7,9,12,14,17H,4-5,8H2,1-3H3. The third-order valence-corrected chi connectivity index (χ3v) is 4.26. The molecule has 0 bridgehead atoms. The van der Waals surface area contributed by atoms with Crippen LogP contribution in [0.4, 0.5) is 4.39 Å². The summed E-state index contributed by atoms with van der Waals surface area (Å²) in [6.07, 6.45) is 2.79. The smallest absolute Gasteiger partial charge is 0.126 e. The number of aryl methyl sites for hydroxylation is 1. The van der Waals surface area contributed by atoms with Gasteiger partial charge in [0.05, 0.1) is 6.10 Å². The number of aliphatic hydroxyl groups is 1. The molecule has 1 N–H and O–H groups in total. The van der Waals surface area contributed by atoms with Gasteiger partial charge in [0.25, 0.3) is 0 Å². The van der Waals surface area contributed by atoms with Crippen LogP contribution in [-0.2, 0) is 0 Å². The first-order valence-corrected chi connectivity index (χ1v) is 6.36. The molecule has 0 amide bonds. The molecule has 2 heteroatoms. The van der Waals surface area contributed by atoms with E-state index in [4.69, 9.17) is 0 Å². The van der Waals surface area contributed by atoms with Crippen molar-refractivity contribution in [2.75, 3.05) is 0 Å². The number of hydrogen-bond acceptors (Lipinski definition) is 1. The minimum Gasteiger partial charge on any atom is -0.388 e. The third kappa shape index (κ3) is 2.37. The fourth-order valence-electron chi connectivity index (χ4n) is 2.96. The average molecular weight is 236 g/mol. The lowest BCUT2D eigenvalue weighted by molar-refractivity contribution is 0.0529. The van der Waals surface area contributed by atoms with Crippen molar-refractivity contribution < 1.29 is 9.50 Å². The van der Waals surface area contributed by atoms with E-state index in [0.717, 1.165) is 19.3 Å². The Kier molecular flexibility index (Phi) is 3.26. The SMILES string of the molecule is Cc1ccc(C(O)C2CCCC2(C)C)cc1F. The van der Waals surface area contributed by atoms with Crippen molar-refractivity contribution in [3.8, 4) is 0 Å². The van der Waals surface area contributed by atoms with E-state index in [1.807, 2.05) is 6.07 Å². The summed E-state index contributed by atoms with van der Waals surface area (Å²) in [5, 5.41) is 10.4. The molecule has 94 valence electrons. The van der Waals surface area contributed by atoms with Crippen LogP contribution in [-0.4, -0.2) is 5.11 Å². The summed E-state index contributed by atoms with van der Waals surface area (Å²) in [6, 6.07) is 5.07. The van der Waals surface area contributed by atoms with Crippen molar-refractivity contribution in [1.82, 2.24) is 0 Å². The maximum absolute atomic E-state index is 13.5. The number of benzene rings is 1. The summed E-state index contributed by atoms with van der Waals surface area (Å²) in [4.78, 5) is 0. The Morgan fingerprint density at radius 3 is 2.65 bits per heavy atom. The molecule has 0 aliphatic heterocycles. The lowest BCUT2D eigenvalue weighted by Gasteiger charge is -2.31. The summed E-state index contributed by atoms with van der Waals surface area (Å²) in [7, 11) is 0. The van der Waals surface area contributed by atoms with Gasteiger partial charge in [0.1, 0.15) is 5.82 Å². The molecule has 1 aliphatic rings. The first kappa shape index (κ1) is 12.6. The Labute approximate surface area is 103 Å². The molecule has 2 atom stereocenters. The highest BCUT2D eigenvalue weighted by Gasteiger charge is 2.39. The first-order chi connectivity index (χ1) is 7.92. The van der Waals surface area contributed by atoms with Crippen molar-refractivity contribution >= 4 is 0 Å². The van der Waals surface area contributed by atoms with Crippen molar-refractivity contribution in [3.05, 3.63) is 35.1 Å². The second-order valence-corrected chi connectivity index (χ2v) is 5.94. The molecule has 1 aromatic carbocycles. The Hall–Kier alpha value is -0.890. The highest BCUT2D eigenvalue weighted by molar-refractivity contribution is 5.25. The zero-order valence-corrected chi connectivity index (χ0v) is 10.8. The van der Waals surface area contributed by atoms with E-state index in [2.05, 4.69) is 13.8 Å². The molecule has 1 fully saturated rings. The maximum atomic E-state index is 13.5. The highest BCUT2D eigenvalue weighted by Crippen LogP contribution is 2.48. The van der Waals surface area contributed by atoms with Crippen LogP contribution in [0.2, 0.25) is 0 Å². The fraction of sp³-hybridized carbons (Fsp3) is 0.600. The van der Waals surface area contributed by atoms with Gasteiger partial charge in [-0.2, -0.15) is 0 Å². The monoisotopic (exact) mass is 236 g/mol. The first-order valence-electron chi connectivity index (χ1n) is 6.36. The van der Waals surface area contributed by atoms with Gasteiger partial charge in [0.2, 0.25) is 0 Å². The molecule has 0 aromatic heterocycles. The molecule has 17 heavy (non-hydrogen) atoms. The Morgan fingerprint density at radius 1 is 1.41 bits per heavy atom. The minimum atomic E-state index is -0.539. The van der Waals surface area contributed by atoms with Crippen molar-refractivity contribution in [2.24, 2.45) is 11.3 Å². The Bertz CT molecular complexity index is 411. The van der Waals surface area contributed by atoms with E-state index in [9.17, 15) is 9.50 Å². The molecule has 0 radical (unpaired) electrons. The van der Waals surface area contributed by atoms with Crippen LogP contribution in [0, 0.1) is 24.1 Å². The maximum Gasteiger partial charge on any atom is 0.126 e. The quantitative estimate of drug-likeness (QED) is 0.823. The van der Waals surface area contributed by atoms with Crippen LogP contribution >= 0.6 is 0 Å². The van der Waals surface area contributed by atoms with Crippen LogP contribution in [0.3, 0.4) is 0 Å². The van der Waals surface area contributed by atoms with Crippen molar-refractivity contribution in [2.45, 2.75) is 46.1 Å². The third-order valence-electron chi connectivity index (χ3n) is 4.26. The summed E-state index contributed by atoms with van der Waals surface area (Å²) < 4.78 is 13.5. The van der Waals surface area contributed by atoms with Gasteiger partial charge in [-0.25, -0.2) is 4.39 Å². The van der Waals surface area contributed by atoms with Gasteiger partial charge in [-0.05, 0) is 48.3 Å². The number of hydrogen-bond donors (Lipinski definition) is 1. The molecule has 2 rings (SSSR count). The molecule has 0 saturated heterocycles. The Morgan fingerprint density at radius 2 is 2.12 bits per heavy atom. The molecule has 0 spiro atoms. The van der Waals surface area contributed by atoms with Gasteiger partial charge >= 0.3 is 0 Å². The zero-order valence-electron chi connectivity index (χ0n) is 10.8. The second-order valence-electron chi connectivity index (χ2n) is 5.94. The average Bonchev–Trinajstić information content (AvgIpc) is 2.61. The largest absolute Gasteiger partial charge is 0.388 e. The number of aliphatic hydroxyl groups excluding tert-OH is 1. The second kappa shape index (κ2) is 4.41. The van der Waals surface area contributed by atoms with Crippen molar-refractivity contribution in [1.29, 1.82) is 0 Å². The van der Waals surface area contributed by atoms with E-state index in [0.29, 0.717) is 11.1 Å². The summed E-state index contributed by atoms with van der Waals surface area (Å²) in [6.45, 7) is 6.13. The Balaban J connectivity index is 2.25. The van der Waals surface area contributed by atoms with Gasteiger partial charge in [-0.3, -0.25) is 0 Å². The van der Waals surface area contributed by atoms with Gasteiger partial charge < -0.3 is 5.11 Å². The van der Waals surface area contributed by atoms with Gasteiger partial charge in [-0.15, -0.1) is 0 Å². The summed E-state index contributed by atoms with van der Waals surface area (Å²) in [5.74, 6) is 0.0157.